The lowest BCUT2D eigenvalue weighted by atomic mass is 9.43. The zero-order chi connectivity index (χ0) is 13.1. The Labute approximate surface area is 108 Å². The Balaban J connectivity index is 2.02. The Bertz CT molecular complexity index is 475. The lowest BCUT2D eigenvalue weighted by molar-refractivity contribution is -0.181. The summed E-state index contributed by atoms with van der Waals surface area (Å²) < 4.78 is 5.79. The minimum absolute atomic E-state index is 0.246. The highest BCUT2D eigenvalue weighted by molar-refractivity contribution is 6.04. The summed E-state index contributed by atoms with van der Waals surface area (Å²) in [5, 5.41) is 0. The highest BCUT2D eigenvalue weighted by Crippen LogP contribution is 2.63. The largest absolute Gasteiger partial charge is 0.448 e. The van der Waals surface area contributed by atoms with E-state index < -0.39 is 5.60 Å². The van der Waals surface area contributed by atoms with Gasteiger partial charge in [0.05, 0.1) is 5.71 Å². The van der Waals surface area contributed by atoms with Gasteiger partial charge in [-0.25, -0.2) is 9.79 Å². The monoisotopic (exact) mass is 247 g/mol. The first-order valence-corrected chi connectivity index (χ1v) is 6.91. The molecule has 3 atom stereocenters. The fourth-order valence-electron chi connectivity index (χ4n) is 3.98. The van der Waals surface area contributed by atoms with Crippen LogP contribution in [0.5, 0.6) is 0 Å². The van der Waals surface area contributed by atoms with Gasteiger partial charge in [-0.3, -0.25) is 0 Å². The van der Waals surface area contributed by atoms with E-state index >= 15 is 0 Å². The van der Waals surface area contributed by atoms with Crippen LogP contribution in [0.3, 0.4) is 0 Å². The van der Waals surface area contributed by atoms with Crippen molar-refractivity contribution in [2.24, 2.45) is 22.2 Å². The zero-order valence-electron chi connectivity index (χ0n) is 11.6. The van der Waals surface area contributed by atoms with E-state index in [1.54, 1.807) is 0 Å². The van der Waals surface area contributed by atoms with Crippen LogP contribution in [0.2, 0.25) is 0 Å². The quantitative estimate of drug-likeness (QED) is 0.527. The van der Waals surface area contributed by atoms with Crippen LogP contribution in [-0.2, 0) is 9.53 Å². The molecule has 0 aromatic rings. The number of allylic oxidation sites excluding steroid dienone is 1. The van der Waals surface area contributed by atoms with Gasteiger partial charge in [0.15, 0.2) is 5.60 Å². The van der Waals surface area contributed by atoms with E-state index in [1.807, 2.05) is 19.9 Å². The molecule has 98 valence electrons. The first-order chi connectivity index (χ1) is 8.39. The van der Waals surface area contributed by atoms with Crippen molar-refractivity contribution >= 4 is 11.7 Å². The molecule has 3 fully saturated rings. The molecule has 1 heterocycles. The van der Waals surface area contributed by atoms with Crippen LogP contribution in [0.15, 0.2) is 16.8 Å². The van der Waals surface area contributed by atoms with Crippen LogP contribution in [0.4, 0.5) is 0 Å². The third-order valence-electron chi connectivity index (χ3n) is 5.31. The molecule has 4 rings (SSSR count). The van der Waals surface area contributed by atoms with Crippen LogP contribution in [0, 0.1) is 17.3 Å². The molecule has 3 saturated carbocycles. The summed E-state index contributed by atoms with van der Waals surface area (Å²) in [4.78, 5) is 16.6. The normalized spacial score (nSPS) is 42.8. The molecule has 18 heavy (non-hydrogen) atoms. The number of ether oxygens (including phenoxy) is 1. The van der Waals surface area contributed by atoms with Crippen molar-refractivity contribution in [3.8, 4) is 0 Å². The summed E-state index contributed by atoms with van der Waals surface area (Å²) in [5.74, 6) is 0.882. The molecular weight excluding hydrogens is 226 g/mol. The summed E-state index contributed by atoms with van der Waals surface area (Å²) in [7, 11) is 0. The molecule has 0 spiro atoms. The number of rotatable bonds is 1. The number of carbonyl (C=O) groups excluding carboxylic acids is 1. The highest BCUT2D eigenvalue weighted by Gasteiger charge is 2.65. The molecule has 0 unspecified atom stereocenters. The summed E-state index contributed by atoms with van der Waals surface area (Å²) in [6.07, 6.45) is 4.83. The lowest BCUT2D eigenvalue weighted by Gasteiger charge is -2.64. The van der Waals surface area contributed by atoms with Crippen molar-refractivity contribution in [2.45, 2.75) is 52.6 Å². The Morgan fingerprint density at radius 3 is 2.78 bits per heavy atom. The van der Waals surface area contributed by atoms with Gasteiger partial charge in [0.1, 0.15) is 5.70 Å². The van der Waals surface area contributed by atoms with Crippen molar-refractivity contribution in [1.29, 1.82) is 0 Å². The molecule has 0 saturated heterocycles. The van der Waals surface area contributed by atoms with Crippen LogP contribution in [0.25, 0.3) is 0 Å². The molecule has 1 aliphatic heterocycles. The van der Waals surface area contributed by atoms with Gasteiger partial charge in [0.25, 0.3) is 0 Å². The smallest absolute Gasteiger partial charge is 0.357 e. The van der Waals surface area contributed by atoms with Crippen molar-refractivity contribution in [1.82, 2.24) is 0 Å². The molecule has 0 N–H and O–H groups in total. The Morgan fingerprint density at radius 1 is 1.44 bits per heavy atom. The van der Waals surface area contributed by atoms with Gasteiger partial charge in [0, 0.05) is 5.92 Å². The van der Waals surface area contributed by atoms with Crippen molar-refractivity contribution in [3.63, 3.8) is 0 Å². The minimum atomic E-state index is -0.458. The summed E-state index contributed by atoms with van der Waals surface area (Å²) in [5.41, 5.74) is 1.41. The Morgan fingerprint density at radius 2 is 2.17 bits per heavy atom. The second-order valence-corrected chi connectivity index (χ2v) is 6.56. The van der Waals surface area contributed by atoms with Gasteiger partial charge in [0.2, 0.25) is 0 Å². The molecule has 3 nitrogen and oxygen atoms in total. The Kier molecular flexibility index (Phi) is 2.30. The second-order valence-electron chi connectivity index (χ2n) is 6.56. The fourth-order valence-corrected chi connectivity index (χ4v) is 3.98. The molecule has 0 radical (unpaired) electrons. The zero-order valence-corrected chi connectivity index (χ0v) is 11.6. The summed E-state index contributed by atoms with van der Waals surface area (Å²) in [6, 6.07) is 0. The van der Waals surface area contributed by atoms with E-state index in [2.05, 4.69) is 18.8 Å². The van der Waals surface area contributed by atoms with Gasteiger partial charge in [-0.15, -0.1) is 0 Å². The number of carbonyl (C=O) groups is 1. The van der Waals surface area contributed by atoms with Crippen LogP contribution in [0.1, 0.15) is 47.0 Å². The van der Waals surface area contributed by atoms with E-state index in [4.69, 9.17) is 4.74 Å². The van der Waals surface area contributed by atoms with E-state index in [9.17, 15) is 4.79 Å². The van der Waals surface area contributed by atoms with Crippen molar-refractivity contribution in [2.75, 3.05) is 0 Å². The molecule has 0 amide bonds. The lowest BCUT2D eigenvalue weighted by Crippen LogP contribution is -2.67. The van der Waals surface area contributed by atoms with Gasteiger partial charge < -0.3 is 4.74 Å². The first-order valence-electron chi connectivity index (χ1n) is 6.91. The minimum Gasteiger partial charge on any atom is -0.448 e. The molecule has 2 bridgehead atoms. The third kappa shape index (κ3) is 1.30. The van der Waals surface area contributed by atoms with Crippen molar-refractivity contribution < 1.29 is 9.53 Å². The van der Waals surface area contributed by atoms with E-state index in [1.165, 1.54) is 6.42 Å². The number of nitrogens with zero attached hydrogens (tertiary/aromatic N) is 1. The second kappa shape index (κ2) is 3.46. The van der Waals surface area contributed by atoms with Gasteiger partial charge in [-0.1, -0.05) is 26.8 Å². The predicted molar refractivity (Wildman–Crippen MR) is 70.3 cm³/mol. The number of esters is 1. The number of hydrogen-bond acceptors (Lipinski definition) is 3. The SMILES string of the molecule is CC/C=C1\N=C2C[C@H]3C[C@H](C3(C)C)[C@@]2(C)OC1=O. The molecule has 3 aliphatic carbocycles. The maximum Gasteiger partial charge on any atom is 0.357 e. The Hall–Kier alpha value is -1.12. The van der Waals surface area contributed by atoms with Crippen LogP contribution < -0.4 is 0 Å². The number of hydrogen-bond donors (Lipinski definition) is 0. The maximum absolute atomic E-state index is 12.0. The highest BCUT2D eigenvalue weighted by atomic mass is 16.6. The van der Waals surface area contributed by atoms with Crippen molar-refractivity contribution in [3.05, 3.63) is 11.8 Å². The average molecular weight is 247 g/mol. The summed E-state index contributed by atoms with van der Waals surface area (Å²) >= 11 is 0. The molecule has 0 aromatic carbocycles. The van der Waals surface area contributed by atoms with Gasteiger partial charge in [-0.05, 0) is 37.5 Å². The van der Waals surface area contributed by atoms with Crippen LogP contribution >= 0.6 is 0 Å². The standard InChI is InChI=1S/C15H21NO2/c1-5-6-10-13(17)18-15(4)11-7-9(14(11,2)3)8-12(15)16-10/h6,9,11H,5,7-8H2,1-4H3/b10-6-/t9-,11-,15-/m1/s1. The van der Waals surface area contributed by atoms with E-state index in [-0.39, 0.29) is 11.4 Å². The maximum atomic E-state index is 12.0. The van der Waals surface area contributed by atoms with E-state index in [0.717, 1.165) is 18.6 Å². The summed E-state index contributed by atoms with van der Waals surface area (Å²) in [6.45, 7) is 8.64. The molecule has 0 aromatic heterocycles. The molecular formula is C15H21NO2. The predicted octanol–water partition coefficient (Wildman–Crippen LogP) is 3.10. The molecule has 4 aliphatic rings. The van der Waals surface area contributed by atoms with Crippen LogP contribution in [-0.4, -0.2) is 17.3 Å². The first kappa shape index (κ1) is 11.9. The van der Waals surface area contributed by atoms with Gasteiger partial charge >= 0.3 is 5.97 Å². The topological polar surface area (TPSA) is 38.7 Å². The van der Waals surface area contributed by atoms with E-state index in [0.29, 0.717) is 17.5 Å². The fraction of sp³-hybridized carbons (Fsp3) is 0.733. The number of aliphatic imine (C=N–C) groups is 1. The molecule has 3 heteroatoms. The third-order valence-corrected chi connectivity index (χ3v) is 5.31. The van der Waals surface area contributed by atoms with Gasteiger partial charge in [-0.2, -0.15) is 0 Å². The average Bonchev–Trinajstić information content (AvgIpc) is 2.28.